The van der Waals surface area contributed by atoms with Gasteiger partial charge in [-0.25, -0.2) is 0 Å². The van der Waals surface area contributed by atoms with E-state index in [9.17, 15) is 4.79 Å². The van der Waals surface area contributed by atoms with Gasteiger partial charge in [0.25, 0.3) is 0 Å². The predicted molar refractivity (Wildman–Crippen MR) is 80.0 cm³/mol. The van der Waals surface area contributed by atoms with Crippen molar-refractivity contribution in [2.45, 2.75) is 58.7 Å². The van der Waals surface area contributed by atoms with Gasteiger partial charge in [0.05, 0.1) is 6.04 Å². The van der Waals surface area contributed by atoms with Crippen molar-refractivity contribution < 1.29 is 4.79 Å². The van der Waals surface area contributed by atoms with Crippen LogP contribution in [-0.2, 0) is 4.79 Å². The number of rotatable bonds is 7. The standard InChI is InChI=1S/C16H26N2O/c1-5-15(6-2)18-16(19)13(4)17-12(3)14-10-8-7-9-11-14/h7-13,15,17H,5-6H2,1-4H3,(H,18,19). The zero-order chi connectivity index (χ0) is 14.3. The second kappa shape index (κ2) is 7.95. The molecule has 1 amide bonds. The van der Waals surface area contributed by atoms with Gasteiger partial charge in [-0.15, -0.1) is 0 Å². The van der Waals surface area contributed by atoms with Crippen molar-refractivity contribution in [3.8, 4) is 0 Å². The summed E-state index contributed by atoms with van der Waals surface area (Å²) in [6, 6.07) is 10.4. The van der Waals surface area contributed by atoms with Crippen molar-refractivity contribution in [1.82, 2.24) is 10.6 Å². The highest BCUT2D eigenvalue weighted by atomic mass is 16.2. The molecule has 106 valence electrons. The van der Waals surface area contributed by atoms with E-state index in [1.807, 2.05) is 25.1 Å². The van der Waals surface area contributed by atoms with Crippen LogP contribution >= 0.6 is 0 Å². The molecule has 0 saturated heterocycles. The molecule has 2 N–H and O–H groups in total. The molecule has 0 aliphatic rings. The van der Waals surface area contributed by atoms with Gasteiger partial charge in [0.1, 0.15) is 0 Å². The third-order valence-electron chi connectivity index (χ3n) is 3.52. The van der Waals surface area contributed by atoms with Gasteiger partial charge in [-0.05, 0) is 32.3 Å². The van der Waals surface area contributed by atoms with E-state index in [2.05, 4.69) is 43.5 Å². The van der Waals surface area contributed by atoms with Crippen LogP contribution in [0.4, 0.5) is 0 Å². The third kappa shape index (κ3) is 5.03. The summed E-state index contributed by atoms with van der Waals surface area (Å²) < 4.78 is 0. The number of hydrogen-bond acceptors (Lipinski definition) is 2. The molecule has 0 aliphatic carbocycles. The minimum absolute atomic E-state index is 0.0801. The number of amides is 1. The molecule has 1 aromatic carbocycles. The Morgan fingerprint density at radius 1 is 1.11 bits per heavy atom. The van der Waals surface area contributed by atoms with Crippen LogP contribution in [0.2, 0.25) is 0 Å². The van der Waals surface area contributed by atoms with Gasteiger partial charge in [-0.3, -0.25) is 10.1 Å². The van der Waals surface area contributed by atoms with E-state index in [0.29, 0.717) is 0 Å². The topological polar surface area (TPSA) is 41.1 Å². The van der Waals surface area contributed by atoms with Gasteiger partial charge in [0, 0.05) is 12.1 Å². The van der Waals surface area contributed by atoms with E-state index in [1.54, 1.807) is 0 Å². The van der Waals surface area contributed by atoms with Gasteiger partial charge in [-0.1, -0.05) is 44.2 Å². The molecule has 19 heavy (non-hydrogen) atoms. The average Bonchev–Trinajstić information content (AvgIpc) is 2.45. The Bertz CT molecular complexity index is 374. The second-order valence-corrected chi connectivity index (χ2v) is 5.04. The van der Waals surface area contributed by atoms with Gasteiger partial charge in [0.15, 0.2) is 0 Å². The molecule has 2 unspecified atom stereocenters. The molecule has 0 aliphatic heterocycles. The third-order valence-corrected chi connectivity index (χ3v) is 3.52. The summed E-state index contributed by atoms with van der Waals surface area (Å²) >= 11 is 0. The fourth-order valence-corrected chi connectivity index (χ4v) is 2.11. The first kappa shape index (κ1) is 15.7. The first-order valence-electron chi connectivity index (χ1n) is 7.19. The summed E-state index contributed by atoms with van der Waals surface area (Å²) in [5.41, 5.74) is 1.20. The van der Waals surface area contributed by atoms with Crippen LogP contribution < -0.4 is 10.6 Å². The number of benzene rings is 1. The Balaban J connectivity index is 2.50. The summed E-state index contributed by atoms with van der Waals surface area (Å²) in [5.74, 6) is 0.0801. The first-order valence-corrected chi connectivity index (χ1v) is 7.19. The van der Waals surface area contributed by atoms with Crippen LogP contribution in [0.15, 0.2) is 30.3 Å². The maximum atomic E-state index is 12.1. The molecule has 1 aromatic rings. The molecule has 0 radical (unpaired) electrons. The molecule has 2 atom stereocenters. The Hall–Kier alpha value is -1.35. The minimum atomic E-state index is -0.184. The predicted octanol–water partition coefficient (Wildman–Crippen LogP) is 3.03. The van der Waals surface area contributed by atoms with Gasteiger partial charge in [-0.2, -0.15) is 0 Å². The van der Waals surface area contributed by atoms with Crippen molar-refractivity contribution >= 4 is 5.91 Å². The van der Waals surface area contributed by atoms with E-state index in [0.717, 1.165) is 12.8 Å². The molecular weight excluding hydrogens is 236 g/mol. The van der Waals surface area contributed by atoms with E-state index in [-0.39, 0.29) is 24.0 Å². The average molecular weight is 262 g/mol. The van der Waals surface area contributed by atoms with Gasteiger partial charge in [0.2, 0.25) is 5.91 Å². The van der Waals surface area contributed by atoms with Crippen LogP contribution in [0.25, 0.3) is 0 Å². The Kier molecular flexibility index (Phi) is 6.57. The van der Waals surface area contributed by atoms with E-state index in [1.165, 1.54) is 5.56 Å². The van der Waals surface area contributed by atoms with Gasteiger partial charge < -0.3 is 5.32 Å². The monoisotopic (exact) mass is 262 g/mol. The highest BCUT2D eigenvalue weighted by molar-refractivity contribution is 5.81. The van der Waals surface area contributed by atoms with E-state index >= 15 is 0 Å². The van der Waals surface area contributed by atoms with Crippen LogP contribution in [0.3, 0.4) is 0 Å². The molecule has 3 nitrogen and oxygen atoms in total. The quantitative estimate of drug-likeness (QED) is 0.793. The maximum absolute atomic E-state index is 12.1. The molecule has 0 heterocycles. The molecule has 0 spiro atoms. The maximum Gasteiger partial charge on any atom is 0.237 e. The minimum Gasteiger partial charge on any atom is -0.352 e. The first-order chi connectivity index (χ1) is 9.08. The Labute approximate surface area is 116 Å². The highest BCUT2D eigenvalue weighted by Gasteiger charge is 2.17. The van der Waals surface area contributed by atoms with Crippen LogP contribution in [0, 0.1) is 0 Å². The lowest BCUT2D eigenvalue weighted by atomic mass is 10.1. The smallest absolute Gasteiger partial charge is 0.237 e. The Morgan fingerprint density at radius 2 is 1.68 bits per heavy atom. The van der Waals surface area contributed by atoms with Crippen molar-refractivity contribution in [3.63, 3.8) is 0 Å². The largest absolute Gasteiger partial charge is 0.352 e. The molecular formula is C16H26N2O. The SMILES string of the molecule is CCC(CC)NC(=O)C(C)NC(C)c1ccccc1. The summed E-state index contributed by atoms with van der Waals surface area (Å²) in [4.78, 5) is 12.1. The summed E-state index contributed by atoms with van der Waals surface area (Å²) in [7, 11) is 0. The van der Waals surface area contributed by atoms with Crippen molar-refractivity contribution in [1.29, 1.82) is 0 Å². The number of carbonyl (C=O) groups excluding carboxylic acids is 1. The van der Waals surface area contributed by atoms with Crippen LogP contribution in [-0.4, -0.2) is 18.0 Å². The lowest BCUT2D eigenvalue weighted by Gasteiger charge is -2.22. The fourth-order valence-electron chi connectivity index (χ4n) is 2.11. The normalized spacial score (nSPS) is 14.2. The number of hydrogen-bond donors (Lipinski definition) is 2. The van der Waals surface area contributed by atoms with Crippen LogP contribution in [0.5, 0.6) is 0 Å². The summed E-state index contributed by atoms with van der Waals surface area (Å²) in [6.45, 7) is 8.19. The lowest BCUT2D eigenvalue weighted by molar-refractivity contribution is -0.123. The highest BCUT2D eigenvalue weighted by Crippen LogP contribution is 2.12. The van der Waals surface area contributed by atoms with E-state index in [4.69, 9.17) is 0 Å². The van der Waals surface area contributed by atoms with Crippen molar-refractivity contribution in [2.75, 3.05) is 0 Å². The van der Waals surface area contributed by atoms with Gasteiger partial charge >= 0.3 is 0 Å². The molecule has 1 rings (SSSR count). The van der Waals surface area contributed by atoms with Crippen molar-refractivity contribution in [3.05, 3.63) is 35.9 Å². The zero-order valence-corrected chi connectivity index (χ0v) is 12.4. The molecule has 0 fully saturated rings. The molecule has 0 aromatic heterocycles. The molecule has 0 bridgehead atoms. The van der Waals surface area contributed by atoms with E-state index < -0.39 is 0 Å². The van der Waals surface area contributed by atoms with Crippen molar-refractivity contribution in [2.24, 2.45) is 0 Å². The summed E-state index contributed by atoms with van der Waals surface area (Å²) in [6.07, 6.45) is 1.95. The molecule has 0 saturated carbocycles. The lowest BCUT2D eigenvalue weighted by Crippen LogP contribution is -2.46. The number of nitrogens with one attached hydrogen (secondary N) is 2. The Morgan fingerprint density at radius 3 is 2.21 bits per heavy atom. The number of carbonyl (C=O) groups is 1. The summed E-state index contributed by atoms with van der Waals surface area (Å²) in [5, 5.41) is 6.41. The fraction of sp³-hybridized carbons (Fsp3) is 0.562. The second-order valence-electron chi connectivity index (χ2n) is 5.04. The van der Waals surface area contributed by atoms with Crippen LogP contribution in [0.1, 0.15) is 52.1 Å². The zero-order valence-electron chi connectivity index (χ0n) is 12.4. The molecule has 3 heteroatoms.